The molecule has 0 radical (unpaired) electrons. The van der Waals surface area contributed by atoms with Crippen molar-refractivity contribution in [3.63, 3.8) is 0 Å². The molecule has 0 atom stereocenters. The minimum Gasteiger partial charge on any atom is -0.394 e. The zero-order valence-electron chi connectivity index (χ0n) is 10.2. The molecular weight excluding hydrogens is 288 g/mol. The standard InChI is InChI=1S/C12H11F2N3O2S/c13-9-3-4-10(11(14)12(9)15)20(18,19)17-7-8-2-1-5-16-6-8/h1-6,17H,7,15H2. The van der Waals surface area contributed by atoms with Gasteiger partial charge in [0.25, 0.3) is 0 Å². The molecule has 0 aliphatic carbocycles. The third-order valence-electron chi connectivity index (χ3n) is 2.57. The van der Waals surface area contributed by atoms with Gasteiger partial charge in [0, 0.05) is 18.9 Å². The topological polar surface area (TPSA) is 85.1 Å². The molecular formula is C12H11F2N3O2S. The summed E-state index contributed by atoms with van der Waals surface area (Å²) in [6.45, 7) is -0.0626. The average molecular weight is 299 g/mol. The maximum atomic E-state index is 13.7. The first-order valence-corrected chi connectivity index (χ1v) is 7.02. The summed E-state index contributed by atoms with van der Waals surface area (Å²) in [6, 6.07) is 4.93. The maximum Gasteiger partial charge on any atom is 0.243 e. The molecule has 20 heavy (non-hydrogen) atoms. The molecule has 0 spiro atoms. The van der Waals surface area contributed by atoms with Gasteiger partial charge in [0.1, 0.15) is 16.4 Å². The van der Waals surface area contributed by atoms with E-state index in [-0.39, 0.29) is 6.54 Å². The second-order valence-electron chi connectivity index (χ2n) is 3.96. The van der Waals surface area contributed by atoms with Crippen LogP contribution in [0.2, 0.25) is 0 Å². The first kappa shape index (κ1) is 14.4. The normalized spacial score (nSPS) is 11.5. The van der Waals surface area contributed by atoms with E-state index < -0.39 is 32.2 Å². The predicted octanol–water partition coefficient (Wildman–Crippen LogP) is 1.42. The van der Waals surface area contributed by atoms with Gasteiger partial charge in [0.05, 0.1) is 0 Å². The molecule has 2 rings (SSSR count). The number of nitrogens with one attached hydrogen (secondary N) is 1. The Bertz CT molecular complexity index is 721. The predicted molar refractivity (Wildman–Crippen MR) is 69.0 cm³/mol. The van der Waals surface area contributed by atoms with Gasteiger partial charge < -0.3 is 5.73 Å². The molecule has 0 fully saturated rings. The lowest BCUT2D eigenvalue weighted by Crippen LogP contribution is -2.24. The molecule has 1 aromatic heterocycles. The fraction of sp³-hybridized carbons (Fsp3) is 0.0833. The second kappa shape index (κ2) is 5.51. The van der Waals surface area contributed by atoms with Crippen molar-refractivity contribution in [2.24, 2.45) is 0 Å². The molecule has 8 heteroatoms. The van der Waals surface area contributed by atoms with E-state index in [1.807, 2.05) is 0 Å². The van der Waals surface area contributed by atoms with Crippen molar-refractivity contribution in [1.29, 1.82) is 0 Å². The summed E-state index contributed by atoms with van der Waals surface area (Å²) in [5.74, 6) is -2.31. The zero-order chi connectivity index (χ0) is 14.8. The molecule has 0 bridgehead atoms. The lowest BCUT2D eigenvalue weighted by atomic mass is 10.3. The molecule has 0 aliphatic rings. The van der Waals surface area contributed by atoms with Crippen LogP contribution in [0, 0.1) is 11.6 Å². The highest BCUT2D eigenvalue weighted by molar-refractivity contribution is 7.89. The molecule has 0 aliphatic heterocycles. The van der Waals surface area contributed by atoms with E-state index in [9.17, 15) is 17.2 Å². The number of nitrogen functional groups attached to an aromatic ring is 1. The van der Waals surface area contributed by atoms with E-state index in [0.717, 1.165) is 12.1 Å². The largest absolute Gasteiger partial charge is 0.394 e. The Morgan fingerprint density at radius 3 is 2.65 bits per heavy atom. The number of pyridine rings is 1. The molecule has 5 nitrogen and oxygen atoms in total. The number of hydrogen-bond acceptors (Lipinski definition) is 4. The number of anilines is 1. The third-order valence-corrected chi connectivity index (χ3v) is 3.99. The van der Waals surface area contributed by atoms with Gasteiger partial charge in [-0.15, -0.1) is 0 Å². The van der Waals surface area contributed by atoms with Crippen molar-refractivity contribution in [1.82, 2.24) is 9.71 Å². The van der Waals surface area contributed by atoms with Crippen LogP contribution in [0.5, 0.6) is 0 Å². The number of nitrogens with zero attached hydrogens (tertiary/aromatic N) is 1. The van der Waals surface area contributed by atoms with Gasteiger partial charge >= 0.3 is 0 Å². The van der Waals surface area contributed by atoms with Crippen molar-refractivity contribution in [2.45, 2.75) is 11.4 Å². The van der Waals surface area contributed by atoms with Crippen LogP contribution in [-0.2, 0) is 16.6 Å². The Morgan fingerprint density at radius 1 is 1.25 bits per heavy atom. The van der Waals surface area contributed by atoms with Crippen molar-refractivity contribution in [3.05, 3.63) is 53.9 Å². The summed E-state index contributed by atoms with van der Waals surface area (Å²) in [7, 11) is -4.13. The van der Waals surface area contributed by atoms with Crippen LogP contribution >= 0.6 is 0 Å². The molecule has 2 aromatic rings. The number of benzene rings is 1. The van der Waals surface area contributed by atoms with Crippen LogP contribution in [0.3, 0.4) is 0 Å². The summed E-state index contributed by atoms with van der Waals surface area (Å²) in [5.41, 5.74) is 4.91. The van der Waals surface area contributed by atoms with E-state index in [2.05, 4.69) is 9.71 Å². The molecule has 0 unspecified atom stereocenters. The van der Waals surface area contributed by atoms with Gasteiger partial charge in [-0.2, -0.15) is 0 Å². The summed E-state index contributed by atoms with van der Waals surface area (Å²) < 4.78 is 52.8. The Kier molecular flexibility index (Phi) is 3.96. The molecule has 106 valence electrons. The Morgan fingerprint density at radius 2 is 2.00 bits per heavy atom. The maximum absolute atomic E-state index is 13.7. The number of nitrogens with two attached hydrogens (primary N) is 1. The first-order chi connectivity index (χ1) is 9.42. The van der Waals surface area contributed by atoms with Gasteiger partial charge in [-0.05, 0) is 23.8 Å². The molecule has 1 aromatic carbocycles. The summed E-state index contributed by atoms with van der Waals surface area (Å²) in [4.78, 5) is 3.13. The highest BCUT2D eigenvalue weighted by atomic mass is 32.2. The Labute approximate surface area is 114 Å². The summed E-state index contributed by atoms with van der Waals surface area (Å²) in [6.07, 6.45) is 3.01. The Balaban J connectivity index is 2.25. The molecule has 1 heterocycles. The highest BCUT2D eigenvalue weighted by Crippen LogP contribution is 2.22. The van der Waals surface area contributed by atoms with Crippen LogP contribution in [0.1, 0.15) is 5.56 Å². The smallest absolute Gasteiger partial charge is 0.243 e. The fourth-order valence-electron chi connectivity index (χ4n) is 1.52. The molecule has 0 saturated carbocycles. The minimum absolute atomic E-state index is 0.0626. The fourth-order valence-corrected chi connectivity index (χ4v) is 2.62. The van der Waals surface area contributed by atoms with Crippen molar-refractivity contribution < 1.29 is 17.2 Å². The third kappa shape index (κ3) is 2.91. The number of rotatable bonds is 4. The van der Waals surface area contributed by atoms with E-state index in [4.69, 9.17) is 5.73 Å². The summed E-state index contributed by atoms with van der Waals surface area (Å²) >= 11 is 0. The quantitative estimate of drug-likeness (QED) is 0.836. The van der Waals surface area contributed by atoms with Gasteiger partial charge in [-0.25, -0.2) is 21.9 Å². The van der Waals surface area contributed by atoms with E-state index in [0.29, 0.717) is 5.56 Å². The number of halogens is 2. The van der Waals surface area contributed by atoms with Gasteiger partial charge in [0.2, 0.25) is 10.0 Å². The molecule has 0 amide bonds. The van der Waals surface area contributed by atoms with Crippen molar-refractivity contribution >= 4 is 15.7 Å². The van der Waals surface area contributed by atoms with Crippen LogP contribution in [0.15, 0.2) is 41.6 Å². The van der Waals surface area contributed by atoms with Gasteiger partial charge in [-0.3, -0.25) is 4.98 Å². The van der Waals surface area contributed by atoms with Gasteiger partial charge in [-0.1, -0.05) is 6.07 Å². The molecule has 0 saturated heterocycles. The number of sulfonamides is 1. The van der Waals surface area contributed by atoms with Crippen LogP contribution in [0.25, 0.3) is 0 Å². The average Bonchev–Trinajstić information content (AvgIpc) is 2.44. The second-order valence-corrected chi connectivity index (χ2v) is 5.69. The summed E-state index contributed by atoms with van der Waals surface area (Å²) in [5, 5.41) is 0. The SMILES string of the molecule is Nc1c(F)ccc(S(=O)(=O)NCc2cccnc2)c1F. The van der Waals surface area contributed by atoms with E-state index in [1.54, 1.807) is 18.3 Å². The van der Waals surface area contributed by atoms with Crippen molar-refractivity contribution in [3.8, 4) is 0 Å². The van der Waals surface area contributed by atoms with Crippen LogP contribution in [-0.4, -0.2) is 13.4 Å². The number of aromatic nitrogens is 1. The first-order valence-electron chi connectivity index (χ1n) is 5.54. The molecule has 3 N–H and O–H groups in total. The Hall–Kier alpha value is -2.06. The monoisotopic (exact) mass is 299 g/mol. The highest BCUT2D eigenvalue weighted by Gasteiger charge is 2.22. The number of hydrogen-bond donors (Lipinski definition) is 2. The van der Waals surface area contributed by atoms with Crippen LogP contribution < -0.4 is 10.5 Å². The lowest BCUT2D eigenvalue weighted by molar-refractivity contribution is 0.548. The van der Waals surface area contributed by atoms with E-state index >= 15 is 0 Å². The lowest BCUT2D eigenvalue weighted by Gasteiger charge is -2.09. The van der Waals surface area contributed by atoms with Crippen LogP contribution in [0.4, 0.5) is 14.5 Å². The zero-order valence-corrected chi connectivity index (χ0v) is 11.0. The van der Waals surface area contributed by atoms with Gasteiger partial charge in [0.15, 0.2) is 5.82 Å². The van der Waals surface area contributed by atoms with E-state index in [1.165, 1.54) is 6.20 Å². The minimum atomic E-state index is -4.13. The van der Waals surface area contributed by atoms with Crippen molar-refractivity contribution in [2.75, 3.05) is 5.73 Å².